The molecule has 1 unspecified atom stereocenters. The second kappa shape index (κ2) is 9.15. The zero-order valence-electron chi connectivity index (χ0n) is 17.9. The fraction of sp³-hybridized carbons (Fsp3) is 0.320. The van der Waals surface area contributed by atoms with E-state index in [0.717, 1.165) is 48.6 Å². The van der Waals surface area contributed by atoms with Crippen LogP contribution in [-0.2, 0) is 13.5 Å². The minimum absolute atomic E-state index is 0.0658. The van der Waals surface area contributed by atoms with E-state index in [1.165, 1.54) is 6.42 Å². The van der Waals surface area contributed by atoms with Gasteiger partial charge in [0.25, 0.3) is 5.56 Å². The van der Waals surface area contributed by atoms with Gasteiger partial charge in [-0.15, -0.1) is 0 Å². The number of nitrogens with one attached hydrogen (secondary N) is 1. The van der Waals surface area contributed by atoms with Crippen molar-refractivity contribution in [2.24, 2.45) is 13.0 Å². The highest BCUT2D eigenvalue weighted by Crippen LogP contribution is 2.31. The Morgan fingerprint density at radius 1 is 1.16 bits per heavy atom. The van der Waals surface area contributed by atoms with E-state index in [0.29, 0.717) is 22.9 Å². The Hall–Kier alpha value is -3.43. The van der Waals surface area contributed by atoms with Gasteiger partial charge >= 0.3 is 0 Å². The maximum absolute atomic E-state index is 13.5. The number of hydrogen-bond acceptors (Lipinski definition) is 4. The highest BCUT2D eigenvalue weighted by atomic mass is 16.5. The molecule has 0 amide bonds. The molecule has 158 valence electrons. The van der Waals surface area contributed by atoms with Crippen molar-refractivity contribution in [2.45, 2.75) is 19.3 Å². The quantitative estimate of drug-likeness (QED) is 0.614. The van der Waals surface area contributed by atoms with E-state index in [-0.39, 0.29) is 5.56 Å². The SMILES string of the molecule is [C-]#[N+]c1ccc(-c2nc(CCC3CCNC3)n(C)c(=O)c2-c2ccc(OC)cc2)cc1. The minimum Gasteiger partial charge on any atom is -0.497 e. The monoisotopic (exact) mass is 414 g/mol. The van der Waals surface area contributed by atoms with Crippen LogP contribution in [0.2, 0.25) is 0 Å². The molecule has 1 N–H and O–H groups in total. The molecule has 0 saturated carbocycles. The van der Waals surface area contributed by atoms with Crippen molar-refractivity contribution in [2.75, 3.05) is 20.2 Å². The third-order valence-electron chi connectivity index (χ3n) is 5.97. The van der Waals surface area contributed by atoms with Crippen LogP contribution in [0.1, 0.15) is 18.7 Å². The Morgan fingerprint density at radius 2 is 1.87 bits per heavy atom. The van der Waals surface area contributed by atoms with Crippen molar-refractivity contribution < 1.29 is 4.74 Å². The lowest BCUT2D eigenvalue weighted by molar-refractivity contribution is 0.415. The summed E-state index contributed by atoms with van der Waals surface area (Å²) >= 11 is 0. The molecule has 1 atom stereocenters. The fourth-order valence-electron chi connectivity index (χ4n) is 4.08. The number of ether oxygens (including phenoxy) is 1. The molecule has 1 aliphatic rings. The summed E-state index contributed by atoms with van der Waals surface area (Å²) in [6, 6.07) is 14.7. The van der Waals surface area contributed by atoms with Gasteiger partial charge in [-0.2, -0.15) is 0 Å². The van der Waals surface area contributed by atoms with E-state index in [1.807, 2.05) is 36.4 Å². The van der Waals surface area contributed by atoms with Crippen molar-refractivity contribution in [1.29, 1.82) is 0 Å². The second-order valence-corrected chi connectivity index (χ2v) is 7.90. The van der Waals surface area contributed by atoms with Gasteiger partial charge in [-0.3, -0.25) is 9.36 Å². The zero-order valence-corrected chi connectivity index (χ0v) is 17.9. The lowest BCUT2D eigenvalue weighted by Gasteiger charge is -2.16. The van der Waals surface area contributed by atoms with Gasteiger partial charge in [-0.05, 0) is 55.1 Å². The van der Waals surface area contributed by atoms with Gasteiger partial charge in [0.05, 0.1) is 24.9 Å². The lowest BCUT2D eigenvalue weighted by atomic mass is 9.98. The molecule has 4 rings (SSSR count). The van der Waals surface area contributed by atoms with Crippen LogP contribution >= 0.6 is 0 Å². The van der Waals surface area contributed by atoms with Crippen LogP contribution in [0.15, 0.2) is 53.3 Å². The van der Waals surface area contributed by atoms with Crippen LogP contribution in [-0.4, -0.2) is 29.8 Å². The number of aromatic nitrogens is 2. The average molecular weight is 415 g/mol. The first-order chi connectivity index (χ1) is 15.1. The predicted molar refractivity (Wildman–Crippen MR) is 122 cm³/mol. The molecule has 2 heterocycles. The zero-order chi connectivity index (χ0) is 21.8. The van der Waals surface area contributed by atoms with E-state index in [9.17, 15) is 4.79 Å². The van der Waals surface area contributed by atoms with Gasteiger partial charge in [0.1, 0.15) is 11.6 Å². The molecule has 1 aliphatic heterocycles. The van der Waals surface area contributed by atoms with E-state index in [2.05, 4.69) is 10.2 Å². The third-order valence-corrected chi connectivity index (χ3v) is 5.97. The largest absolute Gasteiger partial charge is 0.497 e. The molecule has 31 heavy (non-hydrogen) atoms. The van der Waals surface area contributed by atoms with E-state index >= 15 is 0 Å². The summed E-state index contributed by atoms with van der Waals surface area (Å²) in [4.78, 5) is 21.9. The topological polar surface area (TPSA) is 60.5 Å². The third kappa shape index (κ3) is 4.37. The van der Waals surface area contributed by atoms with Crippen molar-refractivity contribution in [3.05, 3.63) is 76.1 Å². The summed E-state index contributed by atoms with van der Waals surface area (Å²) in [5.74, 6) is 2.15. The molecule has 1 fully saturated rings. The standard InChI is InChI=1S/C25H26N4O2/c1-26-20-9-5-19(6-10-20)24-23(18-7-11-21(31-3)12-8-18)25(30)29(2)22(28-24)13-4-17-14-15-27-16-17/h5-12,17,27H,4,13-16H2,2-3H3. The number of rotatable bonds is 6. The number of aryl methyl sites for hydroxylation is 1. The Kier molecular flexibility index (Phi) is 6.15. The van der Waals surface area contributed by atoms with Gasteiger partial charge in [0, 0.05) is 13.5 Å². The Balaban J connectivity index is 1.82. The van der Waals surface area contributed by atoms with Crippen LogP contribution in [0.3, 0.4) is 0 Å². The van der Waals surface area contributed by atoms with E-state index in [4.69, 9.17) is 16.3 Å². The summed E-state index contributed by atoms with van der Waals surface area (Å²) in [6.45, 7) is 9.30. The molecule has 1 saturated heterocycles. The molecule has 0 aliphatic carbocycles. The van der Waals surface area contributed by atoms with Crippen molar-refractivity contribution >= 4 is 5.69 Å². The molecular formula is C25H26N4O2. The molecule has 2 aromatic carbocycles. The molecule has 0 bridgehead atoms. The summed E-state index contributed by atoms with van der Waals surface area (Å²) in [7, 11) is 3.42. The van der Waals surface area contributed by atoms with Crippen LogP contribution in [0.4, 0.5) is 5.69 Å². The number of methoxy groups -OCH3 is 1. The maximum Gasteiger partial charge on any atom is 0.261 e. The second-order valence-electron chi connectivity index (χ2n) is 7.90. The summed E-state index contributed by atoms with van der Waals surface area (Å²) in [5.41, 5.74) is 3.34. The Morgan fingerprint density at radius 3 is 2.48 bits per heavy atom. The first kappa shape index (κ1) is 20.8. The van der Waals surface area contributed by atoms with Crippen molar-refractivity contribution in [3.8, 4) is 28.1 Å². The van der Waals surface area contributed by atoms with Crippen molar-refractivity contribution in [1.82, 2.24) is 14.9 Å². The minimum atomic E-state index is -0.0658. The van der Waals surface area contributed by atoms with Crippen molar-refractivity contribution in [3.63, 3.8) is 0 Å². The Bertz CT molecular complexity index is 1150. The van der Waals surface area contributed by atoms with Gasteiger partial charge in [0.2, 0.25) is 0 Å². The van der Waals surface area contributed by atoms with Crippen LogP contribution < -0.4 is 15.6 Å². The van der Waals surface area contributed by atoms with Crippen LogP contribution in [0, 0.1) is 12.5 Å². The summed E-state index contributed by atoms with van der Waals surface area (Å²) < 4.78 is 6.95. The molecular weight excluding hydrogens is 388 g/mol. The molecule has 1 aromatic heterocycles. The maximum atomic E-state index is 13.5. The summed E-state index contributed by atoms with van der Waals surface area (Å²) in [5, 5.41) is 3.40. The van der Waals surface area contributed by atoms with Crippen LogP contribution in [0.25, 0.3) is 27.2 Å². The van der Waals surface area contributed by atoms with E-state index < -0.39 is 0 Å². The normalized spacial score (nSPS) is 15.6. The highest BCUT2D eigenvalue weighted by molar-refractivity contribution is 5.81. The molecule has 0 spiro atoms. The fourth-order valence-corrected chi connectivity index (χ4v) is 4.08. The first-order valence-corrected chi connectivity index (χ1v) is 10.5. The predicted octanol–water partition coefficient (Wildman–Crippen LogP) is 4.22. The molecule has 0 radical (unpaired) electrons. The van der Waals surface area contributed by atoms with Crippen LogP contribution in [0.5, 0.6) is 5.75 Å². The first-order valence-electron chi connectivity index (χ1n) is 10.5. The van der Waals surface area contributed by atoms with Gasteiger partial charge in [0.15, 0.2) is 5.69 Å². The van der Waals surface area contributed by atoms with Gasteiger partial charge in [-0.25, -0.2) is 9.83 Å². The average Bonchev–Trinajstić information content (AvgIpc) is 3.34. The molecule has 6 heteroatoms. The number of hydrogen-bond donors (Lipinski definition) is 1. The smallest absolute Gasteiger partial charge is 0.261 e. The lowest BCUT2D eigenvalue weighted by Crippen LogP contribution is -2.25. The molecule has 6 nitrogen and oxygen atoms in total. The summed E-state index contributed by atoms with van der Waals surface area (Å²) in [6.07, 6.45) is 2.93. The number of benzene rings is 2. The Labute approximate surface area is 182 Å². The van der Waals surface area contributed by atoms with Gasteiger partial charge < -0.3 is 10.1 Å². The number of nitrogens with zero attached hydrogens (tertiary/aromatic N) is 3. The van der Waals surface area contributed by atoms with E-state index in [1.54, 1.807) is 30.9 Å². The van der Waals surface area contributed by atoms with Gasteiger partial charge in [-0.1, -0.05) is 36.4 Å². The molecule has 3 aromatic rings. The highest BCUT2D eigenvalue weighted by Gasteiger charge is 2.20.